The summed E-state index contributed by atoms with van der Waals surface area (Å²) in [4.78, 5) is 0. The zero-order valence-corrected chi connectivity index (χ0v) is 9.18. The molecule has 14 heavy (non-hydrogen) atoms. The molecular weight excluding hydrogens is 172 g/mol. The first-order valence-corrected chi connectivity index (χ1v) is 5.71. The SMILES string of the molecule is CC#CCCNC(CN)C1CCCC1. The van der Waals surface area contributed by atoms with Crippen LogP contribution in [-0.4, -0.2) is 19.1 Å². The molecule has 2 heteroatoms. The molecule has 3 N–H and O–H groups in total. The highest BCUT2D eigenvalue weighted by molar-refractivity contribution is 4.95. The summed E-state index contributed by atoms with van der Waals surface area (Å²) in [6, 6.07) is 0.524. The highest BCUT2D eigenvalue weighted by Gasteiger charge is 2.22. The van der Waals surface area contributed by atoms with Gasteiger partial charge in [0.2, 0.25) is 0 Å². The molecule has 1 saturated carbocycles. The van der Waals surface area contributed by atoms with Gasteiger partial charge in [0.1, 0.15) is 0 Å². The van der Waals surface area contributed by atoms with E-state index in [1.54, 1.807) is 0 Å². The summed E-state index contributed by atoms with van der Waals surface area (Å²) in [7, 11) is 0. The highest BCUT2D eigenvalue weighted by Crippen LogP contribution is 2.27. The third-order valence-electron chi connectivity index (χ3n) is 3.06. The lowest BCUT2D eigenvalue weighted by molar-refractivity contribution is 0.368. The van der Waals surface area contributed by atoms with Gasteiger partial charge in [-0.2, -0.15) is 0 Å². The van der Waals surface area contributed by atoms with Crippen molar-refractivity contribution < 1.29 is 0 Å². The van der Waals surface area contributed by atoms with Gasteiger partial charge < -0.3 is 11.1 Å². The Balaban J connectivity index is 2.19. The molecule has 0 aromatic carbocycles. The van der Waals surface area contributed by atoms with Crippen LogP contribution < -0.4 is 11.1 Å². The Morgan fingerprint density at radius 3 is 2.71 bits per heavy atom. The van der Waals surface area contributed by atoms with E-state index in [1.165, 1.54) is 25.7 Å². The Morgan fingerprint density at radius 2 is 2.14 bits per heavy atom. The van der Waals surface area contributed by atoms with E-state index in [-0.39, 0.29) is 0 Å². The van der Waals surface area contributed by atoms with Crippen molar-refractivity contribution in [3.8, 4) is 11.8 Å². The molecule has 0 spiro atoms. The zero-order chi connectivity index (χ0) is 10.2. The number of hydrogen-bond acceptors (Lipinski definition) is 2. The van der Waals surface area contributed by atoms with Crippen molar-refractivity contribution in [1.82, 2.24) is 5.32 Å². The minimum atomic E-state index is 0.524. The standard InChI is InChI=1S/C12H22N2/c1-2-3-6-9-14-12(10-13)11-7-4-5-8-11/h11-12,14H,4-10,13H2,1H3. The minimum absolute atomic E-state index is 0.524. The number of hydrogen-bond donors (Lipinski definition) is 2. The van der Waals surface area contributed by atoms with Crippen molar-refractivity contribution in [2.45, 2.75) is 45.1 Å². The predicted octanol–water partition coefficient (Wildman–Crippen LogP) is 1.51. The molecule has 0 bridgehead atoms. The molecule has 0 amide bonds. The molecule has 0 radical (unpaired) electrons. The van der Waals surface area contributed by atoms with Crippen LogP contribution in [0.3, 0.4) is 0 Å². The van der Waals surface area contributed by atoms with Crippen LogP contribution in [0, 0.1) is 17.8 Å². The van der Waals surface area contributed by atoms with E-state index in [9.17, 15) is 0 Å². The van der Waals surface area contributed by atoms with E-state index in [0.29, 0.717) is 6.04 Å². The molecule has 1 aliphatic rings. The first-order valence-electron chi connectivity index (χ1n) is 5.71. The molecule has 0 heterocycles. The monoisotopic (exact) mass is 194 g/mol. The molecule has 1 unspecified atom stereocenters. The fourth-order valence-electron chi connectivity index (χ4n) is 2.25. The Kier molecular flexibility index (Phi) is 5.66. The van der Waals surface area contributed by atoms with Crippen LogP contribution in [-0.2, 0) is 0 Å². The Labute approximate surface area is 87.6 Å². The van der Waals surface area contributed by atoms with Gasteiger partial charge in [-0.05, 0) is 25.7 Å². The van der Waals surface area contributed by atoms with Crippen LogP contribution in [0.25, 0.3) is 0 Å². The van der Waals surface area contributed by atoms with Crippen molar-refractivity contribution >= 4 is 0 Å². The Bertz CT molecular complexity index is 196. The smallest absolute Gasteiger partial charge is 0.0218 e. The normalized spacial score (nSPS) is 19.0. The third kappa shape index (κ3) is 3.69. The first-order chi connectivity index (χ1) is 6.88. The van der Waals surface area contributed by atoms with Gasteiger partial charge in [-0.25, -0.2) is 0 Å². The van der Waals surface area contributed by atoms with Gasteiger partial charge in [0.25, 0.3) is 0 Å². The summed E-state index contributed by atoms with van der Waals surface area (Å²) >= 11 is 0. The van der Waals surface area contributed by atoms with Gasteiger partial charge in [0, 0.05) is 25.6 Å². The van der Waals surface area contributed by atoms with E-state index in [2.05, 4.69) is 17.2 Å². The van der Waals surface area contributed by atoms with Crippen LogP contribution in [0.4, 0.5) is 0 Å². The van der Waals surface area contributed by atoms with Crippen molar-refractivity contribution in [3.05, 3.63) is 0 Å². The molecular formula is C12H22N2. The quantitative estimate of drug-likeness (QED) is 0.514. The fourth-order valence-corrected chi connectivity index (χ4v) is 2.25. The van der Waals surface area contributed by atoms with Crippen molar-refractivity contribution in [2.24, 2.45) is 11.7 Å². The van der Waals surface area contributed by atoms with E-state index >= 15 is 0 Å². The van der Waals surface area contributed by atoms with Crippen LogP contribution in [0.5, 0.6) is 0 Å². The van der Waals surface area contributed by atoms with Gasteiger partial charge in [-0.3, -0.25) is 0 Å². The average Bonchev–Trinajstić information content (AvgIpc) is 2.71. The molecule has 0 saturated heterocycles. The number of nitrogens with two attached hydrogens (primary N) is 1. The van der Waals surface area contributed by atoms with E-state index in [4.69, 9.17) is 5.73 Å². The Morgan fingerprint density at radius 1 is 1.43 bits per heavy atom. The van der Waals surface area contributed by atoms with Gasteiger partial charge in [-0.1, -0.05) is 12.8 Å². The van der Waals surface area contributed by atoms with Crippen LogP contribution in [0.1, 0.15) is 39.0 Å². The lowest BCUT2D eigenvalue weighted by Crippen LogP contribution is -2.41. The summed E-state index contributed by atoms with van der Waals surface area (Å²) in [5, 5.41) is 3.52. The van der Waals surface area contributed by atoms with Gasteiger partial charge in [0.15, 0.2) is 0 Å². The van der Waals surface area contributed by atoms with Crippen LogP contribution in [0.15, 0.2) is 0 Å². The molecule has 2 nitrogen and oxygen atoms in total. The fraction of sp³-hybridized carbons (Fsp3) is 0.833. The van der Waals surface area contributed by atoms with E-state index < -0.39 is 0 Å². The zero-order valence-electron chi connectivity index (χ0n) is 9.18. The lowest BCUT2D eigenvalue weighted by atomic mass is 9.98. The molecule has 0 aromatic rings. The number of rotatable bonds is 5. The largest absolute Gasteiger partial charge is 0.329 e. The molecule has 1 fully saturated rings. The summed E-state index contributed by atoms with van der Waals surface area (Å²) in [5.41, 5.74) is 5.77. The minimum Gasteiger partial charge on any atom is -0.329 e. The topological polar surface area (TPSA) is 38.0 Å². The van der Waals surface area contributed by atoms with Crippen molar-refractivity contribution in [3.63, 3.8) is 0 Å². The first kappa shape index (κ1) is 11.6. The second-order valence-electron chi connectivity index (χ2n) is 4.02. The second kappa shape index (κ2) is 6.86. The van der Waals surface area contributed by atoms with Crippen LogP contribution in [0.2, 0.25) is 0 Å². The van der Waals surface area contributed by atoms with E-state index in [1.807, 2.05) is 6.92 Å². The summed E-state index contributed by atoms with van der Waals surface area (Å²) in [5.74, 6) is 6.79. The third-order valence-corrected chi connectivity index (χ3v) is 3.06. The number of nitrogens with one attached hydrogen (secondary N) is 1. The van der Waals surface area contributed by atoms with Crippen molar-refractivity contribution in [1.29, 1.82) is 0 Å². The predicted molar refractivity (Wildman–Crippen MR) is 60.9 cm³/mol. The highest BCUT2D eigenvalue weighted by atomic mass is 14.9. The van der Waals surface area contributed by atoms with Crippen molar-refractivity contribution in [2.75, 3.05) is 13.1 Å². The molecule has 0 aliphatic heterocycles. The second-order valence-corrected chi connectivity index (χ2v) is 4.02. The molecule has 1 aliphatic carbocycles. The summed E-state index contributed by atoms with van der Waals surface area (Å²) in [6.45, 7) is 3.64. The maximum Gasteiger partial charge on any atom is 0.0218 e. The molecule has 80 valence electrons. The van der Waals surface area contributed by atoms with Crippen LogP contribution >= 0.6 is 0 Å². The maximum atomic E-state index is 5.77. The summed E-state index contributed by atoms with van der Waals surface area (Å²) < 4.78 is 0. The van der Waals surface area contributed by atoms with E-state index in [0.717, 1.165) is 25.4 Å². The summed E-state index contributed by atoms with van der Waals surface area (Å²) in [6.07, 6.45) is 6.43. The molecule has 1 atom stereocenters. The maximum absolute atomic E-state index is 5.77. The average molecular weight is 194 g/mol. The van der Waals surface area contributed by atoms with Gasteiger partial charge >= 0.3 is 0 Å². The molecule has 1 rings (SSSR count). The van der Waals surface area contributed by atoms with Gasteiger partial charge in [0.05, 0.1) is 0 Å². The van der Waals surface area contributed by atoms with Gasteiger partial charge in [-0.15, -0.1) is 11.8 Å². The molecule has 0 aromatic heterocycles. The lowest BCUT2D eigenvalue weighted by Gasteiger charge is -2.22. The Hall–Kier alpha value is -0.520.